The number of hydrogen-bond donors (Lipinski definition) is 1. The molecule has 0 saturated carbocycles. The molecule has 0 spiro atoms. The standard InChI is InChI=1S/C13H14F2N2/c1-9-3-4-10(2)17(9)16-8-11-5-6-12(14)7-13(11)15/h3-7,16H,8H2,1-2H3. The van der Waals surface area contributed by atoms with E-state index in [0.29, 0.717) is 12.1 Å². The van der Waals surface area contributed by atoms with E-state index in [4.69, 9.17) is 0 Å². The monoisotopic (exact) mass is 236 g/mol. The number of hydrogen-bond acceptors (Lipinski definition) is 1. The summed E-state index contributed by atoms with van der Waals surface area (Å²) in [5.41, 5.74) is 5.63. The van der Waals surface area contributed by atoms with Crippen LogP contribution in [0.2, 0.25) is 0 Å². The summed E-state index contributed by atoms with van der Waals surface area (Å²) in [7, 11) is 0. The fourth-order valence-electron chi connectivity index (χ4n) is 1.75. The van der Waals surface area contributed by atoms with Crippen LogP contribution in [0, 0.1) is 25.5 Å². The lowest BCUT2D eigenvalue weighted by atomic mass is 10.2. The topological polar surface area (TPSA) is 17.0 Å². The van der Waals surface area contributed by atoms with Gasteiger partial charge in [-0.2, -0.15) is 0 Å². The molecule has 2 rings (SSSR count). The van der Waals surface area contributed by atoms with Crippen LogP contribution in [0.25, 0.3) is 0 Å². The molecule has 0 bridgehead atoms. The lowest BCUT2D eigenvalue weighted by molar-refractivity contribution is 0.571. The molecule has 0 atom stereocenters. The van der Waals surface area contributed by atoms with Crippen LogP contribution in [-0.4, -0.2) is 4.68 Å². The normalized spacial score (nSPS) is 10.6. The van der Waals surface area contributed by atoms with Crippen LogP contribution >= 0.6 is 0 Å². The van der Waals surface area contributed by atoms with Crippen molar-refractivity contribution in [3.8, 4) is 0 Å². The molecule has 17 heavy (non-hydrogen) atoms. The van der Waals surface area contributed by atoms with Crippen LogP contribution in [0.4, 0.5) is 8.78 Å². The molecule has 1 N–H and O–H groups in total. The Balaban J connectivity index is 2.13. The summed E-state index contributed by atoms with van der Waals surface area (Å²) in [6.45, 7) is 4.24. The predicted molar refractivity (Wildman–Crippen MR) is 63.3 cm³/mol. The summed E-state index contributed by atoms with van der Waals surface area (Å²) in [4.78, 5) is 0. The van der Waals surface area contributed by atoms with Crippen LogP contribution in [-0.2, 0) is 6.54 Å². The second-order valence-corrected chi connectivity index (χ2v) is 4.02. The first kappa shape index (κ1) is 11.6. The van der Waals surface area contributed by atoms with Crippen molar-refractivity contribution in [1.82, 2.24) is 4.68 Å². The fourth-order valence-corrected chi connectivity index (χ4v) is 1.75. The van der Waals surface area contributed by atoms with Gasteiger partial charge in [-0.3, -0.25) is 4.68 Å². The average molecular weight is 236 g/mol. The van der Waals surface area contributed by atoms with Gasteiger partial charge in [0, 0.05) is 23.0 Å². The molecule has 0 aliphatic heterocycles. The van der Waals surface area contributed by atoms with Gasteiger partial charge in [0.15, 0.2) is 0 Å². The number of benzene rings is 1. The third kappa shape index (κ3) is 2.46. The fraction of sp³-hybridized carbons (Fsp3) is 0.231. The first-order valence-corrected chi connectivity index (χ1v) is 5.40. The molecule has 4 heteroatoms. The Morgan fingerprint density at radius 1 is 1.06 bits per heavy atom. The van der Waals surface area contributed by atoms with Gasteiger partial charge < -0.3 is 5.43 Å². The minimum absolute atomic E-state index is 0.322. The van der Waals surface area contributed by atoms with Gasteiger partial charge in [-0.05, 0) is 32.0 Å². The van der Waals surface area contributed by atoms with Gasteiger partial charge in [-0.25, -0.2) is 8.78 Å². The maximum absolute atomic E-state index is 13.4. The van der Waals surface area contributed by atoms with Gasteiger partial charge in [0.2, 0.25) is 0 Å². The van der Waals surface area contributed by atoms with Gasteiger partial charge in [-0.15, -0.1) is 0 Å². The summed E-state index contributed by atoms with van der Waals surface area (Å²) >= 11 is 0. The van der Waals surface area contributed by atoms with E-state index in [1.807, 2.05) is 30.7 Å². The van der Waals surface area contributed by atoms with Crippen molar-refractivity contribution < 1.29 is 8.78 Å². The van der Waals surface area contributed by atoms with Gasteiger partial charge in [0.25, 0.3) is 0 Å². The molecule has 1 aromatic heterocycles. The van der Waals surface area contributed by atoms with Crippen molar-refractivity contribution in [2.24, 2.45) is 0 Å². The molecule has 0 radical (unpaired) electrons. The highest BCUT2D eigenvalue weighted by molar-refractivity contribution is 5.21. The molecule has 0 aliphatic rings. The van der Waals surface area contributed by atoms with Crippen LogP contribution < -0.4 is 5.43 Å². The Morgan fingerprint density at radius 2 is 1.71 bits per heavy atom. The van der Waals surface area contributed by atoms with E-state index in [-0.39, 0.29) is 0 Å². The quantitative estimate of drug-likeness (QED) is 0.866. The molecule has 0 unspecified atom stereocenters. The van der Waals surface area contributed by atoms with Crippen LogP contribution in [0.15, 0.2) is 30.3 Å². The number of halogens is 2. The third-order valence-corrected chi connectivity index (χ3v) is 2.71. The molecule has 0 saturated heterocycles. The zero-order chi connectivity index (χ0) is 12.4. The van der Waals surface area contributed by atoms with Crippen molar-refractivity contribution >= 4 is 0 Å². The Hall–Kier alpha value is -1.84. The number of nitrogens with zero attached hydrogens (tertiary/aromatic N) is 1. The maximum Gasteiger partial charge on any atom is 0.131 e. The van der Waals surface area contributed by atoms with E-state index in [1.165, 1.54) is 12.1 Å². The Labute approximate surface area is 98.9 Å². The minimum Gasteiger partial charge on any atom is -0.321 e. The van der Waals surface area contributed by atoms with E-state index < -0.39 is 11.6 Å². The molecule has 90 valence electrons. The molecule has 2 aromatic rings. The third-order valence-electron chi connectivity index (χ3n) is 2.71. The molecule has 0 aliphatic carbocycles. The lowest BCUT2D eigenvalue weighted by Gasteiger charge is -2.13. The first-order chi connectivity index (χ1) is 8.08. The van der Waals surface area contributed by atoms with E-state index in [0.717, 1.165) is 17.5 Å². The molecule has 0 fully saturated rings. The van der Waals surface area contributed by atoms with E-state index in [9.17, 15) is 8.78 Å². The second kappa shape index (κ2) is 4.57. The maximum atomic E-state index is 13.4. The summed E-state index contributed by atoms with van der Waals surface area (Å²) in [6.07, 6.45) is 0. The van der Waals surface area contributed by atoms with Crippen molar-refractivity contribution in [2.45, 2.75) is 20.4 Å². The van der Waals surface area contributed by atoms with E-state index in [2.05, 4.69) is 5.43 Å². The zero-order valence-corrected chi connectivity index (χ0v) is 9.80. The molecule has 1 heterocycles. The lowest BCUT2D eigenvalue weighted by Crippen LogP contribution is -2.17. The van der Waals surface area contributed by atoms with Crippen molar-refractivity contribution in [3.63, 3.8) is 0 Å². The summed E-state index contributed by atoms with van der Waals surface area (Å²) in [6, 6.07) is 7.56. The predicted octanol–water partition coefficient (Wildman–Crippen LogP) is 3.13. The van der Waals surface area contributed by atoms with E-state index >= 15 is 0 Å². The average Bonchev–Trinajstić information content (AvgIpc) is 2.58. The molecule has 0 amide bonds. The van der Waals surface area contributed by atoms with Gasteiger partial charge in [-0.1, -0.05) is 6.07 Å². The van der Waals surface area contributed by atoms with Gasteiger partial charge in [0.05, 0.1) is 6.54 Å². The summed E-state index contributed by atoms with van der Waals surface area (Å²) in [5.74, 6) is -1.08. The minimum atomic E-state index is -0.556. The summed E-state index contributed by atoms with van der Waals surface area (Å²) in [5, 5.41) is 0. The first-order valence-electron chi connectivity index (χ1n) is 5.40. The SMILES string of the molecule is Cc1ccc(C)n1NCc1ccc(F)cc1F. The Bertz CT molecular complexity index is 513. The number of aromatic nitrogens is 1. The highest BCUT2D eigenvalue weighted by Gasteiger charge is 2.05. The largest absolute Gasteiger partial charge is 0.321 e. The Kier molecular flexibility index (Phi) is 3.13. The smallest absolute Gasteiger partial charge is 0.131 e. The van der Waals surface area contributed by atoms with Crippen LogP contribution in [0.3, 0.4) is 0 Å². The highest BCUT2D eigenvalue weighted by Crippen LogP contribution is 2.11. The zero-order valence-electron chi connectivity index (χ0n) is 9.80. The van der Waals surface area contributed by atoms with Gasteiger partial charge in [0.1, 0.15) is 11.6 Å². The van der Waals surface area contributed by atoms with Crippen LogP contribution in [0.5, 0.6) is 0 Å². The summed E-state index contributed by atoms with van der Waals surface area (Å²) < 4.78 is 28.0. The second-order valence-electron chi connectivity index (χ2n) is 4.02. The van der Waals surface area contributed by atoms with Crippen molar-refractivity contribution in [2.75, 3.05) is 5.43 Å². The van der Waals surface area contributed by atoms with E-state index in [1.54, 1.807) is 0 Å². The van der Waals surface area contributed by atoms with Crippen LogP contribution in [0.1, 0.15) is 17.0 Å². The number of aryl methyl sites for hydroxylation is 2. The number of rotatable bonds is 3. The molecule has 1 aromatic carbocycles. The molecule has 2 nitrogen and oxygen atoms in total. The van der Waals surface area contributed by atoms with Crippen molar-refractivity contribution in [3.05, 3.63) is 58.9 Å². The van der Waals surface area contributed by atoms with Crippen molar-refractivity contribution in [1.29, 1.82) is 0 Å². The van der Waals surface area contributed by atoms with Gasteiger partial charge >= 0.3 is 0 Å². The Morgan fingerprint density at radius 3 is 2.29 bits per heavy atom. The molecular weight excluding hydrogens is 222 g/mol. The molecular formula is C13H14F2N2. The highest BCUT2D eigenvalue weighted by atomic mass is 19.1. The number of nitrogens with one attached hydrogen (secondary N) is 1.